The number of hydrogen-bond donors (Lipinski definition) is 2. The van der Waals surface area contributed by atoms with E-state index in [1.165, 1.54) is 18.9 Å². The number of carbonyl (C=O) groups is 2. The van der Waals surface area contributed by atoms with Gasteiger partial charge in [0.2, 0.25) is 0 Å². The lowest BCUT2D eigenvalue weighted by atomic mass is 10.1. The van der Waals surface area contributed by atoms with Gasteiger partial charge in [0.15, 0.2) is 6.04 Å². The molecule has 7 nitrogen and oxygen atoms in total. The van der Waals surface area contributed by atoms with Crippen molar-refractivity contribution in [2.75, 3.05) is 18.6 Å². The van der Waals surface area contributed by atoms with Gasteiger partial charge in [-0.1, -0.05) is 18.2 Å². The Kier molecular flexibility index (Phi) is 5.27. The Hall–Kier alpha value is -2.80. The third-order valence-corrected chi connectivity index (χ3v) is 4.59. The Balaban J connectivity index is 1.77. The van der Waals surface area contributed by atoms with E-state index in [1.54, 1.807) is 6.07 Å². The van der Waals surface area contributed by atoms with Gasteiger partial charge in [0.1, 0.15) is 5.76 Å². The van der Waals surface area contributed by atoms with Crippen LogP contribution in [0.5, 0.6) is 0 Å². The molecule has 2 heterocycles. The van der Waals surface area contributed by atoms with Gasteiger partial charge in [0.05, 0.1) is 25.0 Å². The SMILES string of the molecule is COCC(NC(=O)c1ccoc1CN1c2ccccc2CC1C)C(=O)O. The number of nitrogens with one attached hydrogen (secondary N) is 1. The van der Waals surface area contributed by atoms with Crippen molar-refractivity contribution in [3.63, 3.8) is 0 Å². The van der Waals surface area contributed by atoms with Gasteiger partial charge in [0.25, 0.3) is 5.91 Å². The summed E-state index contributed by atoms with van der Waals surface area (Å²) in [5.41, 5.74) is 2.73. The lowest BCUT2D eigenvalue weighted by Gasteiger charge is -2.24. The summed E-state index contributed by atoms with van der Waals surface area (Å²) in [4.78, 5) is 25.9. The molecule has 0 fully saturated rings. The molecule has 3 rings (SSSR count). The van der Waals surface area contributed by atoms with Crippen LogP contribution >= 0.6 is 0 Å². The molecule has 0 saturated carbocycles. The zero-order valence-electron chi connectivity index (χ0n) is 14.8. The standard InChI is InChI=1S/C19H22N2O5/c1-12-9-13-5-3-4-6-16(13)21(12)10-17-14(7-8-26-17)18(22)20-15(11-25-2)19(23)24/h3-8,12,15H,9-11H2,1-2H3,(H,20,22)(H,23,24). The van der Waals surface area contributed by atoms with Crippen LogP contribution in [0.1, 0.15) is 28.6 Å². The first-order valence-corrected chi connectivity index (χ1v) is 8.44. The van der Waals surface area contributed by atoms with E-state index in [1.807, 2.05) is 12.1 Å². The summed E-state index contributed by atoms with van der Waals surface area (Å²) >= 11 is 0. The summed E-state index contributed by atoms with van der Waals surface area (Å²) in [7, 11) is 1.39. The van der Waals surface area contributed by atoms with Crippen molar-refractivity contribution in [1.82, 2.24) is 5.32 Å². The van der Waals surface area contributed by atoms with Crippen LogP contribution in [0.2, 0.25) is 0 Å². The second kappa shape index (κ2) is 7.61. The topological polar surface area (TPSA) is 92.0 Å². The maximum absolute atomic E-state index is 12.5. The molecule has 1 aromatic heterocycles. The maximum Gasteiger partial charge on any atom is 0.328 e. The highest BCUT2D eigenvalue weighted by Gasteiger charge is 2.29. The zero-order chi connectivity index (χ0) is 18.7. The molecule has 1 aromatic carbocycles. The Morgan fingerprint density at radius 3 is 2.88 bits per heavy atom. The van der Waals surface area contributed by atoms with Crippen LogP contribution in [0, 0.1) is 0 Å². The highest BCUT2D eigenvalue weighted by atomic mass is 16.5. The lowest BCUT2D eigenvalue weighted by molar-refractivity contribution is -0.140. The van der Waals surface area contributed by atoms with Crippen molar-refractivity contribution in [3.8, 4) is 0 Å². The van der Waals surface area contributed by atoms with Crippen LogP contribution in [0.4, 0.5) is 5.69 Å². The second-order valence-corrected chi connectivity index (χ2v) is 6.39. The first kappa shape index (κ1) is 18.0. The van der Waals surface area contributed by atoms with E-state index >= 15 is 0 Å². The summed E-state index contributed by atoms with van der Waals surface area (Å²) in [5, 5.41) is 11.6. The number of furan rings is 1. The van der Waals surface area contributed by atoms with E-state index in [4.69, 9.17) is 14.3 Å². The molecule has 0 bridgehead atoms. The van der Waals surface area contributed by atoms with Crippen molar-refractivity contribution in [2.24, 2.45) is 0 Å². The van der Waals surface area contributed by atoms with Gasteiger partial charge in [-0.05, 0) is 31.0 Å². The quantitative estimate of drug-likeness (QED) is 0.787. The number of para-hydroxylation sites is 1. The number of nitrogens with zero attached hydrogens (tertiary/aromatic N) is 1. The van der Waals surface area contributed by atoms with Gasteiger partial charge in [-0.3, -0.25) is 4.79 Å². The number of anilines is 1. The van der Waals surface area contributed by atoms with Crippen molar-refractivity contribution in [2.45, 2.75) is 32.0 Å². The van der Waals surface area contributed by atoms with E-state index in [0.717, 1.165) is 12.1 Å². The van der Waals surface area contributed by atoms with Gasteiger partial charge in [-0.2, -0.15) is 0 Å². The van der Waals surface area contributed by atoms with Crippen LogP contribution in [-0.2, 0) is 22.5 Å². The largest absolute Gasteiger partial charge is 0.480 e. The minimum Gasteiger partial charge on any atom is -0.480 e. The van der Waals surface area contributed by atoms with Crippen LogP contribution in [0.25, 0.3) is 0 Å². The van der Waals surface area contributed by atoms with Crippen LogP contribution in [-0.4, -0.2) is 42.8 Å². The molecule has 0 radical (unpaired) electrons. The average Bonchev–Trinajstić information content (AvgIpc) is 3.19. The minimum absolute atomic E-state index is 0.106. The Labute approximate surface area is 151 Å². The number of benzene rings is 1. The van der Waals surface area contributed by atoms with Crippen LogP contribution in [0.3, 0.4) is 0 Å². The van der Waals surface area contributed by atoms with Gasteiger partial charge < -0.3 is 24.5 Å². The number of ether oxygens (including phenoxy) is 1. The van der Waals surface area contributed by atoms with Gasteiger partial charge in [0, 0.05) is 18.8 Å². The van der Waals surface area contributed by atoms with Gasteiger partial charge >= 0.3 is 5.97 Å². The molecule has 138 valence electrons. The number of aliphatic carboxylic acids is 1. The number of fused-ring (bicyclic) bond motifs is 1. The monoisotopic (exact) mass is 358 g/mol. The highest BCUT2D eigenvalue weighted by molar-refractivity contribution is 5.97. The summed E-state index contributed by atoms with van der Waals surface area (Å²) in [6.45, 7) is 2.46. The number of hydrogen-bond acceptors (Lipinski definition) is 5. The molecule has 2 atom stereocenters. The Morgan fingerprint density at radius 1 is 1.38 bits per heavy atom. The Bertz CT molecular complexity index is 801. The van der Waals surface area contributed by atoms with Crippen molar-refractivity contribution >= 4 is 17.6 Å². The lowest BCUT2D eigenvalue weighted by Crippen LogP contribution is -2.44. The molecular weight excluding hydrogens is 336 g/mol. The third-order valence-electron chi connectivity index (χ3n) is 4.59. The first-order chi connectivity index (χ1) is 12.5. The fraction of sp³-hybridized carbons (Fsp3) is 0.368. The molecule has 0 saturated heterocycles. The molecule has 2 aromatic rings. The molecule has 1 aliphatic rings. The summed E-state index contributed by atoms with van der Waals surface area (Å²) in [6.07, 6.45) is 2.39. The third kappa shape index (κ3) is 3.57. The number of carboxylic acid groups (broad SMARTS) is 1. The first-order valence-electron chi connectivity index (χ1n) is 8.44. The molecular formula is C19H22N2O5. The van der Waals surface area contributed by atoms with Crippen LogP contribution < -0.4 is 10.2 Å². The molecule has 26 heavy (non-hydrogen) atoms. The summed E-state index contributed by atoms with van der Waals surface area (Å²) in [5.74, 6) is -1.13. The van der Waals surface area contributed by atoms with Crippen LogP contribution in [0.15, 0.2) is 41.0 Å². The molecule has 1 aliphatic heterocycles. The van der Waals surface area contributed by atoms with E-state index in [9.17, 15) is 9.59 Å². The van der Waals surface area contributed by atoms with E-state index in [0.29, 0.717) is 17.9 Å². The summed E-state index contributed by atoms with van der Waals surface area (Å²) in [6, 6.07) is 8.90. The number of methoxy groups -OCH3 is 1. The Morgan fingerprint density at radius 2 is 2.15 bits per heavy atom. The van der Waals surface area contributed by atoms with Crippen molar-refractivity contribution in [3.05, 3.63) is 53.5 Å². The highest BCUT2D eigenvalue weighted by Crippen LogP contribution is 2.33. The number of carboxylic acids is 1. The molecule has 1 amide bonds. The van der Waals surface area contributed by atoms with Crippen molar-refractivity contribution < 1.29 is 23.8 Å². The zero-order valence-corrected chi connectivity index (χ0v) is 14.8. The average molecular weight is 358 g/mol. The molecule has 0 spiro atoms. The predicted octanol–water partition coefficient (Wildman–Crippen LogP) is 2.06. The maximum atomic E-state index is 12.5. The second-order valence-electron chi connectivity index (χ2n) is 6.39. The number of carbonyl (C=O) groups excluding carboxylic acids is 1. The normalized spacial score (nSPS) is 17.0. The summed E-state index contributed by atoms with van der Waals surface area (Å²) < 4.78 is 10.4. The molecule has 2 unspecified atom stereocenters. The van der Waals surface area contributed by atoms with Gasteiger partial charge in [-0.25, -0.2) is 4.79 Å². The molecule has 0 aliphatic carbocycles. The predicted molar refractivity (Wildman–Crippen MR) is 95.3 cm³/mol. The van der Waals surface area contributed by atoms with Crippen molar-refractivity contribution in [1.29, 1.82) is 0 Å². The molecule has 2 N–H and O–H groups in total. The number of amides is 1. The number of rotatable bonds is 7. The van der Waals surface area contributed by atoms with E-state index < -0.39 is 17.9 Å². The van der Waals surface area contributed by atoms with Gasteiger partial charge in [-0.15, -0.1) is 0 Å². The molecule has 7 heteroatoms. The fourth-order valence-corrected chi connectivity index (χ4v) is 3.27. The van der Waals surface area contributed by atoms with E-state index in [-0.39, 0.29) is 12.6 Å². The fourth-order valence-electron chi connectivity index (χ4n) is 3.27. The smallest absolute Gasteiger partial charge is 0.328 e. The van der Waals surface area contributed by atoms with E-state index in [2.05, 4.69) is 29.3 Å². The minimum atomic E-state index is -1.15.